The molecule has 0 aliphatic carbocycles. The third kappa shape index (κ3) is 5.55. The van der Waals surface area contributed by atoms with Crippen LogP contribution in [0.25, 0.3) is 10.9 Å². The Labute approximate surface area is 233 Å². The number of nitrogens with one attached hydrogen (secondary N) is 1. The SMILES string of the molecule is Cl.Cl.O=C([C@H]1C[C@@H](c2cccc(Cl)c2)CN1)N1Cc2cc(O)c(Cc3ccc4ccccc4n3)cc2C1. The summed E-state index contributed by atoms with van der Waals surface area (Å²) < 4.78 is 0. The fourth-order valence-corrected chi connectivity index (χ4v) is 5.55. The zero-order valence-electron chi connectivity index (χ0n) is 20.1. The molecule has 37 heavy (non-hydrogen) atoms. The van der Waals surface area contributed by atoms with Crippen LogP contribution in [0.3, 0.4) is 0 Å². The zero-order valence-corrected chi connectivity index (χ0v) is 22.5. The smallest absolute Gasteiger partial charge is 0.240 e. The van der Waals surface area contributed by atoms with Gasteiger partial charge in [-0.25, -0.2) is 0 Å². The van der Waals surface area contributed by atoms with E-state index in [1.807, 2.05) is 65.6 Å². The van der Waals surface area contributed by atoms with Crippen molar-refractivity contribution in [3.05, 3.63) is 106 Å². The predicted octanol–water partition coefficient (Wildman–Crippen LogP) is 6.02. The highest BCUT2D eigenvalue weighted by Crippen LogP contribution is 2.33. The van der Waals surface area contributed by atoms with Crippen LogP contribution in [0.4, 0.5) is 0 Å². The zero-order chi connectivity index (χ0) is 23.9. The lowest BCUT2D eigenvalue weighted by Gasteiger charge is -2.20. The number of para-hydroxylation sites is 1. The number of carbonyl (C=O) groups is 1. The van der Waals surface area contributed by atoms with Gasteiger partial charge in [0, 0.05) is 47.7 Å². The normalized spacial score (nSPS) is 18.2. The summed E-state index contributed by atoms with van der Waals surface area (Å²) in [6.45, 7) is 1.85. The van der Waals surface area contributed by atoms with Crippen molar-refractivity contribution in [3.8, 4) is 5.75 Å². The van der Waals surface area contributed by atoms with Gasteiger partial charge in [0.25, 0.3) is 0 Å². The number of hydrogen-bond donors (Lipinski definition) is 2. The molecule has 3 aromatic carbocycles. The number of hydrogen-bond acceptors (Lipinski definition) is 4. The number of rotatable bonds is 4. The Kier molecular flexibility index (Phi) is 8.29. The second kappa shape index (κ2) is 11.3. The molecule has 0 radical (unpaired) electrons. The van der Waals surface area contributed by atoms with E-state index in [9.17, 15) is 9.90 Å². The van der Waals surface area contributed by atoms with E-state index in [0.717, 1.165) is 51.3 Å². The van der Waals surface area contributed by atoms with Gasteiger partial charge in [0.1, 0.15) is 5.75 Å². The van der Waals surface area contributed by atoms with Gasteiger partial charge in [-0.1, -0.05) is 48.0 Å². The Balaban J connectivity index is 0.00000160. The Bertz CT molecular complexity index is 1450. The van der Waals surface area contributed by atoms with E-state index >= 15 is 0 Å². The number of fused-ring (bicyclic) bond motifs is 2. The van der Waals surface area contributed by atoms with E-state index in [1.165, 1.54) is 5.56 Å². The van der Waals surface area contributed by atoms with Gasteiger partial charge in [-0.05, 0) is 65.4 Å². The molecule has 1 saturated heterocycles. The fourth-order valence-electron chi connectivity index (χ4n) is 5.35. The van der Waals surface area contributed by atoms with E-state index in [2.05, 4.69) is 17.4 Å². The number of carbonyl (C=O) groups excluding carboxylic acids is 1. The van der Waals surface area contributed by atoms with E-state index in [1.54, 1.807) is 0 Å². The highest BCUT2D eigenvalue weighted by atomic mass is 35.5. The molecule has 6 rings (SSSR count). The van der Waals surface area contributed by atoms with Crippen molar-refractivity contribution >= 4 is 53.2 Å². The molecule has 0 unspecified atom stereocenters. The molecule has 0 saturated carbocycles. The number of amides is 1. The van der Waals surface area contributed by atoms with Gasteiger partial charge < -0.3 is 15.3 Å². The minimum atomic E-state index is -0.205. The average molecular weight is 557 g/mol. The van der Waals surface area contributed by atoms with Crippen LogP contribution in [0.5, 0.6) is 5.75 Å². The summed E-state index contributed by atoms with van der Waals surface area (Å²) in [5.74, 6) is 0.647. The van der Waals surface area contributed by atoms with Gasteiger partial charge in [-0.2, -0.15) is 0 Å². The van der Waals surface area contributed by atoms with Crippen LogP contribution in [0, 0.1) is 0 Å². The lowest BCUT2D eigenvalue weighted by Crippen LogP contribution is -2.40. The lowest BCUT2D eigenvalue weighted by atomic mass is 9.96. The van der Waals surface area contributed by atoms with Gasteiger partial charge >= 0.3 is 0 Å². The molecule has 2 aliphatic heterocycles. The summed E-state index contributed by atoms with van der Waals surface area (Å²) in [7, 11) is 0. The first-order valence-electron chi connectivity index (χ1n) is 12.0. The van der Waals surface area contributed by atoms with E-state index < -0.39 is 0 Å². The highest BCUT2D eigenvalue weighted by molar-refractivity contribution is 6.30. The summed E-state index contributed by atoms with van der Waals surface area (Å²) >= 11 is 6.16. The number of aromatic nitrogens is 1. The molecule has 1 fully saturated rings. The number of benzene rings is 3. The van der Waals surface area contributed by atoms with Gasteiger partial charge in [0.2, 0.25) is 5.91 Å². The number of halogens is 3. The maximum absolute atomic E-state index is 13.3. The number of aromatic hydroxyl groups is 1. The number of phenols is 1. The first kappa shape index (κ1) is 27.2. The molecule has 0 spiro atoms. The summed E-state index contributed by atoms with van der Waals surface area (Å²) in [4.78, 5) is 19.9. The minimum absolute atomic E-state index is 0. The number of pyridine rings is 1. The topological polar surface area (TPSA) is 65.5 Å². The molecule has 192 valence electrons. The molecule has 2 N–H and O–H groups in total. The van der Waals surface area contributed by atoms with Crippen LogP contribution >= 0.6 is 36.4 Å². The van der Waals surface area contributed by atoms with Crippen LogP contribution in [0.15, 0.2) is 72.8 Å². The molecule has 2 atom stereocenters. The van der Waals surface area contributed by atoms with E-state index in [-0.39, 0.29) is 48.4 Å². The van der Waals surface area contributed by atoms with Crippen LogP contribution < -0.4 is 5.32 Å². The van der Waals surface area contributed by atoms with Crippen molar-refractivity contribution in [1.29, 1.82) is 0 Å². The lowest BCUT2D eigenvalue weighted by molar-refractivity contribution is -0.133. The number of nitrogens with zero attached hydrogens (tertiary/aromatic N) is 2. The van der Waals surface area contributed by atoms with Gasteiger partial charge in [0.15, 0.2) is 0 Å². The molecule has 4 aromatic rings. The third-order valence-electron chi connectivity index (χ3n) is 7.21. The van der Waals surface area contributed by atoms with Crippen molar-refractivity contribution in [1.82, 2.24) is 15.2 Å². The monoisotopic (exact) mass is 555 g/mol. The van der Waals surface area contributed by atoms with Crippen molar-refractivity contribution in [2.24, 2.45) is 0 Å². The molecular formula is C29H28Cl3N3O2. The molecular weight excluding hydrogens is 529 g/mol. The predicted molar refractivity (Wildman–Crippen MR) is 152 cm³/mol. The standard InChI is InChI=1S/C29H26ClN3O2.2ClH/c30-24-6-3-5-19(11-24)21-13-27(31-15-21)29(35)33-16-22-10-20(28(34)14-23(22)17-33)12-25-9-8-18-4-1-2-7-26(18)32-25;;/h1-11,14,21,27,31,34H,12-13,15-17H2;2*1H/t21-,27-;;/m1../s1. The van der Waals surface area contributed by atoms with Gasteiger partial charge in [0.05, 0.1) is 11.6 Å². The quantitative estimate of drug-likeness (QED) is 0.323. The average Bonchev–Trinajstić information content (AvgIpc) is 3.51. The second-order valence-corrected chi connectivity index (χ2v) is 10.0. The van der Waals surface area contributed by atoms with Crippen LogP contribution in [-0.2, 0) is 24.3 Å². The van der Waals surface area contributed by atoms with Crippen molar-refractivity contribution < 1.29 is 9.90 Å². The van der Waals surface area contributed by atoms with Crippen LogP contribution in [-0.4, -0.2) is 33.5 Å². The summed E-state index contributed by atoms with van der Waals surface area (Å²) in [6.07, 6.45) is 1.31. The minimum Gasteiger partial charge on any atom is -0.508 e. The largest absolute Gasteiger partial charge is 0.508 e. The molecule has 3 heterocycles. The fraction of sp³-hybridized carbons (Fsp3) is 0.241. The highest BCUT2D eigenvalue weighted by Gasteiger charge is 2.35. The van der Waals surface area contributed by atoms with Crippen molar-refractivity contribution in [2.45, 2.75) is 37.9 Å². The van der Waals surface area contributed by atoms with Crippen molar-refractivity contribution in [2.75, 3.05) is 6.54 Å². The Morgan fingerprint density at radius 1 is 1.00 bits per heavy atom. The Morgan fingerprint density at radius 2 is 1.78 bits per heavy atom. The van der Waals surface area contributed by atoms with E-state index in [0.29, 0.717) is 19.5 Å². The molecule has 1 aromatic heterocycles. The van der Waals surface area contributed by atoms with Crippen LogP contribution in [0.1, 0.15) is 40.3 Å². The Hall–Kier alpha value is -2.83. The maximum Gasteiger partial charge on any atom is 0.240 e. The van der Waals surface area contributed by atoms with Crippen LogP contribution in [0.2, 0.25) is 5.02 Å². The molecule has 2 aliphatic rings. The second-order valence-electron chi connectivity index (χ2n) is 9.56. The molecule has 1 amide bonds. The third-order valence-corrected chi connectivity index (χ3v) is 7.45. The Morgan fingerprint density at radius 3 is 2.59 bits per heavy atom. The molecule has 0 bridgehead atoms. The summed E-state index contributed by atoms with van der Waals surface area (Å²) in [5.41, 5.74) is 5.96. The molecule has 8 heteroatoms. The van der Waals surface area contributed by atoms with E-state index in [4.69, 9.17) is 16.6 Å². The van der Waals surface area contributed by atoms with Gasteiger partial charge in [-0.15, -0.1) is 24.8 Å². The van der Waals surface area contributed by atoms with Crippen molar-refractivity contribution in [3.63, 3.8) is 0 Å². The maximum atomic E-state index is 13.3. The first-order valence-corrected chi connectivity index (χ1v) is 12.4. The summed E-state index contributed by atoms with van der Waals surface area (Å²) in [6, 6.07) is 23.6. The molecule has 5 nitrogen and oxygen atoms in total. The number of phenolic OH excluding ortho intramolecular Hbond substituents is 1. The first-order chi connectivity index (χ1) is 17.0. The van der Waals surface area contributed by atoms with Gasteiger partial charge in [-0.3, -0.25) is 9.78 Å². The summed E-state index contributed by atoms with van der Waals surface area (Å²) in [5, 5.41) is 15.9.